The van der Waals surface area contributed by atoms with Crippen LogP contribution >= 0.6 is 0 Å². The molecule has 136 valence electrons. The highest BCUT2D eigenvalue weighted by atomic mass is 16.6. The number of amides is 1. The molecule has 0 bridgehead atoms. The van der Waals surface area contributed by atoms with Crippen LogP contribution in [-0.4, -0.2) is 44.2 Å². The fourth-order valence-corrected chi connectivity index (χ4v) is 2.49. The monoisotopic (exact) mass is 346 g/mol. The first kappa shape index (κ1) is 18.9. The summed E-state index contributed by atoms with van der Waals surface area (Å²) in [6, 6.07) is 9.57. The molecule has 0 unspecified atom stereocenters. The summed E-state index contributed by atoms with van der Waals surface area (Å²) in [7, 11) is 0. The number of rotatable bonds is 7. The minimum Gasteiger partial charge on any atom is -0.445 e. The Morgan fingerprint density at radius 1 is 1.28 bits per heavy atom. The molecule has 2 aromatic rings. The maximum atomic E-state index is 12.2. The summed E-state index contributed by atoms with van der Waals surface area (Å²) in [6.45, 7) is 8.71. The molecule has 0 atom stereocenters. The van der Waals surface area contributed by atoms with Crippen molar-refractivity contribution in [1.82, 2.24) is 19.9 Å². The standard InChI is InChI=1S/C18H26N4O3/c1-5-21(17(23)25-13-15-9-7-6-8-10-15)11-12-22-19-14(2)16(20-22)18(3,4)24/h6-10,24H,5,11-13H2,1-4H3. The van der Waals surface area contributed by atoms with Crippen LogP contribution in [0.2, 0.25) is 0 Å². The average molecular weight is 346 g/mol. The van der Waals surface area contributed by atoms with Gasteiger partial charge < -0.3 is 14.7 Å². The molecular formula is C18H26N4O3. The van der Waals surface area contributed by atoms with Crippen LogP contribution in [-0.2, 0) is 23.5 Å². The zero-order chi connectivity index (χ0) is 18.4. The highest BCUT2D eigenvalue weighted by Crippen LogP contribution is 2.19. The van der Waals surface area contributed by atoms with Crippen LogP contribution in [0, 0.1) is 6.92 Å². The van der Waals surface area contributed by atoms with E-state index in [0.717, 1.165) is 5.56 Å². The van der Waals surface area contributed by atoms with Gasteiger partial charge in [-0.1, -0.05) is 30.3 Å². The van der Waals surface area contributed by atoms with Crippen molar-refractivity contribution in [3.05, 3.63) is 47.3 Å². The molecule has 0 aliphatic heterocycles. The molecule has 25 heavy (non-hydrogen) atoms. The minimum atomic E-state index is -1.04. The quantitative estimate of drug-likeness (QED) is 0.833. The van der Waals surface area contributed by atoms with Crippen molar-refractivity contribution in [3.8, 4) is 0 Å². The number of hydrogen-bond donors (Lipinski definition) is 1. The lowest BCUT2D eigenvalue weighted by Gasteiger charge is -2.20. The normalized spacial score (nSPS) is 11.4. The number of aryl methyl sites for hydroxylation is 1. The number of carbonyl (C=O) groups excluding carboxylic acids is 1. The lowest BCUT2D eigenvalue weighted by Crippen LogP contribution is -2.34. The van der Waals surface area contributed by atoms with E-state index in [9.17, 15) is 9.90 Å². The van der Waals surface area contributed by atoms with E-state index in [1.165, 1.54) is 4.80 Å². The number of hydrogen-bond acceptors (Lipinski definition) is 5. The van der Waals surface area contributed by atoms with E-state index in [2.05, 4.69) is 10.2 Å². The fourth-order valence-electron chi connectivity index (χ4n) is 2.49. The molecule has 0 saturated heterocycles. The molecule has 0 aliphatic carbocycles. The number of ether oxygens (including phenoxy) is 1. The van der Waals surface area contributed by atoms with Gasteiger partial charge >= 0.3 is 6.09 Å². The molecule has 1 N–H and O–H groups in total. The van der Waals surface area contributed by atoms with Gasteiger partial charge in [0, 0.05) is 13.1 Å². The molecule has 0 aliphatic rings. The first-order valence-corrected chi connectivity index (χ1v) is 8.41. The van der Waals surface area contributed by atoms with Gasteiger partial charge in [0.1, 0.15) is 17.9 Å². The van der Waals surface area contributed by atoms with Crippen molar-refractivity contribution in [2.75, 3.05) is 13.1 Å². The molecule has 1 aromatic heterocycles. The lowest BCUT2D eigenvalue weighted by molar-refractivity contribution is 0.0719. The number of aliphatic hydroxyl groups is 1. The molecular weight excluding hydrogens is 320 g/mol. The van der Waals surface area contributed by atoms with Crippen molar-refractivity contribution in [2.24, 2.45) is 0 Å². The van der Waals surface area contributed by atoms with E-state index in [1.807, 2.05) is 44.2 Å². The third-order valence-corrected chi connectivity index (χ3v) is 3.82. The van der Waals surface area contributed by atoms with Crippen LogP contribution in [0.15, 0.2) is 30.3 Å². The maximum Gasteiger partial charge on any atom is 0.410 e. The average Bonchev–Trinajstić information content (AvgIpc) is 2.95. The summed E-state index contributed by atoms with van der Waals surface area (Å²) in [5.41, 5.74) is 1.14. The third-order valence-electron chi connectivity index (χ3n) is 3.82. The Balaban J connectivity index is 1.90. The van der Waals surface area contributed by atoms with Gasteiger partial charge in [-0.3, -0.25) is 0 Å². The zero-order valence-electron chi connectivity index (χ0n) is 15.3. The Labute approximate surface area is 148 Å². The van der Waals surface area contributed by atoms with Crippen LogP contribution < -0.4 is 0 Å². The topological polar surface area (TPSA) is 80.5 Å². The largest absolute Gasteiger partial charge is 0.445 e. The second-order valence-electron chi connectivity index (χ2n) is 6.41. The van der Waals surface area contributed by atoms with E-state index in [1.54, 1.807) is 18.7 Å². The lowest BCUT2D eigenvalue weighted by atomic mass is 10.0. The molecule has 0 fully saturated rings. The number of likely N-dealkylation sites (N-methyl/N-ethyl adjacent to an activating group) is 1. The molecule has 1 amide bonds. The smallest absolute Gasteiger partial charge is 0.410 e. The van der Waals surface area contributed by atoms with Crippen LogP contribution in [0.25, 0.3) is 0 Å². The molecule has 0 spiro atoms. The van der Waals surface area contributed by atoms with Gasteiger partial charge in [-0.15, -0.1) is 0 Å². The molecule has 7 nitrogen and oxygen atoms in total. The molecule has 2 rings (SSSR count). The molecule has 0 saturated carbocycles. The van der Waals surface area contributed by atoms with E-state index < -0.39 is 5.60 Å². The molecule has 1 heterocycles. The number of nitrogens with zero attached hydrogens (tertiary/aromatic N) is 4. The minimum absolute atomic E-state index is 0.248. The van der Waals surface area contributed by atoms with E-state index in [-0.39, 0.29) is 12.7 Å². The fraction of sp³-hybridized carbons (Fsp3) is 0.500. The maximum absolute atomic E-state index is 12.2. The highest BCUT2D eigenvalue weighted by Gasteiger charge is 2.24. The molecule has 0 radical (unpaired) electrons. The van der Waals surface area contributed by atoms with E-state index in [4.69, 9.17) is 4.74 Å². The van der Waals surface area contributed by atoms with Gasteiger partial charge in [0.05, 0.1) is 12.2 Å². The Kier molecular flexibility index (Phi) is 6.14. The number of benzene rings is 1. The first-order valence-electron chi connectivity index (χ1n) is 8.41. The van der Waals surface area contributed by atoms with Crippen LogP contribution in [0.3, 0.4) is 0 Å². The van der Waals surface area contributed by atoms with Gasteiger partial charge in [0.25, 0.3) is 0 Å². The van der Waals surface area contributed by atoms with Gasteiger partial charge in [-0.2, -0.15) is 15.0 Å². The van der Waals surface area contributed by atoms with Crippen LogP contribution in [0.4, 0.5) is 4.79 Å². The number of carbonyl (C=O) groups is 1. The van der Waals surface area contributed by atoms with E-state index >= 15 is 0 Å². The summed E-state index contributed by atoms with van der Waals surface area (Å²) >= 11 is 0. The second kappa shape index (κ2) is 8.11. The SMILES string of the molecule is CCN(CCn1nc(C)c(C(C)(C)O)n1)C(=O)OCc1ccccc1. The third kappa shape index (κ3) is 5.29. The summed E-state index contributed by atoms with van der Waals surface area (Å²) in [5.74, 6) is 0. The van der Waals surface area contributed by atoms with Crippen molar-refractivity contribution in [3.63, 3.8) is 0 Å². The van der Waals surface area contributed by atoms with Crippen LogP contribution in [0.1, 0.15) is 37.7 Å². The molecule has 7 heteroatoms. The van der Waals surface area contributed by atoms with Crippen LogP contribution in [0.5, 0.6) is 0 Å². The van der Waals surface area contributed by atoms with Crippen molar-refractivity contribution in [1.29, 1.82) is 0 Å². The highest BCUT2D eigenvalue weighted by molar-refractivity contribution is 5.67. The van der Waals surface area contributed by atoms with E-state index in [0.29, 0.717) is 31.0 Å². The van der Waals surface area contributed by atoms with Crippen molar-refractivity contribution < 1.29 is 14.6 Å². The predicted molar refractivity (Wildman–Crippen MR) is 93.9 cm³/mol. The molecule has 1 aromatic carbocycles. The Bertz CT molecular complexity index is 692. The van der Waals surface area contributed by atoms with Gasteiger partial charge in [-0.25, -0.2) is 4.79 Å². The van der Waals surface area contributed by atoms with Gasteiger partial charge in [-0.05, 0) is 33.3 Å². The summed E-state index contributed by atoms with van der Waals surface area (Å²) in [6.07, 6.45) is -0.363. The Morgan fingerprint density at radius 3 is 2.52 bits per heavy atom. The van der Waals surface area contributed by atoms with Gasteiger partial charge in [0.15, 0.2) is 0 Å². The Hall–Kier alpha value is -2.41. The summed E-state index contributed by atoms with van der Waals surface area (Å²) < 4.78 is 5.35. The van der Waals surface area contributed by atoms with Crippen molar-refractivity contribution in [2.45, 2.75) is 46.4 Å². The number of aromatic nitrogens is 3. The first-order chi connectivity index (χ1) is 11.8. The van der Waals surface area contributed by atoms with Gasteiger partial charge in [0.2, 0.25) is 0 Å². The summed E-state index contributed by atoms with van der Waals surface area (Å²) in [5, 5.41) is 18.7. The second-order valence-corrected chi connectivity index (χ2v) is 6.41. The zero-order valence-corrected chi connectivity index (χ0v) is 15.3. The van der Waals surface area contributed by atoms with Crippen molar-refractivity contribution >= 4 is 6.09 Å². The predicted octanol–water partition coefficient (Wildman–Crippen LogP) is 2.47. The Morgan fingerprint density at radius 2 is 1.96 bits per heavy atom. The summed E-state index contributed by atoms with van der Waals surface area (Å²) in [4.78, 5) is 15.3.